The van der Waals surface area contributed by atoms with Crippen molar-refractivity contribution in [2.75, 3.05) is 24.5 Å². The maximum Gasteiger partial charge on any atom is 0.264 e. The molecule has 1 atom stereocenters. The fraction of sp³-hybridized carbons (Fsp3) is 0.278. The molecule has 10 heteroatoms. The normalized spacial score (nSPS) is 11.8. The summed E-state index contributed by atoms with van der Waals surface area (Å²) in [5, 5.41) is 3.32. The van der Waals surface area contributed by atoms with Crippen LogP contribution in [0, 0.1) is 6.92 Å². The van der Waals surface area contributed by atoms with Gasteiger partial charge in [0.25, 0.3) is 10.0 Å². The highest BCUT2D eigenvalue weighted by Crippen LogP contribution is 2.30. The Balaban J connectivity index is 1.82. The van der Waals surface area contributed by atoms with Gasteiger partial charge in [-0.15, -0.1) is 0 Å². The summed E-state index contributed by atoms with van der Waals surface area (Å²) in [6.07, 6.45) is 1.91. The molecule has 2 amide bonds. The number of hydrogen-bond donors (Lipinski definition) is 1. The average Bonchev–Trinajstić information content (AvgIpc) is 3.07. The number of anilines is 1. The van der Waals surface area contributed by atoms with Gasteiger partial charge in [0.05, 0.1) is 17.7 Å². The van der Waals surface area contributed by atoms with Crippen LogP contribution in [0.1, 0.15) is 36.5 Å². The third kappa shape index (κ3) is 8.89. The number of unbranched alkanes of at least 4 members (excludes halogenated alkanes) is 1. The number of halogens is 1. The van der Waals surface area contributed by atoms with E-state index in [1.807, 2.05) is 49.4 Å². The molecule has 0 spiro atoms. The SMILES string of the molecule is CCCCNC(=O)[C@H](Cc1ccccc1)N(Cc1cccc(OC)c1)C(=O)CN(c1cc(Cl)ccc1C)S(=O)(=O)c1ccccc1. The molecule has 0 bridgehead atoms. The first-order chi connectivity index (χ1) is 22.1. The van der Waals surface area contributed by atoms with Crippen LogP contribution >= 0.6 is 11.6 Å². The van der Waals surface area contributed by atoms with Gasteiger partial charge in [-0.05, 0) is 66.4 Å². The van der Waals surface area contributed by atoms with Crippen molar-refractivity contribution in [3.05, 3.63) is 125 Å². The summed E-state index contributed by atoms with van der Waals surface area (Å²) < 4.78 is 34.9. The fourth-order valence-electron chi connectivity index (χ4n) is 5.11. The van der Waals surface area contributed by atoms with Crippen molar-refractivity contribution in [1.29, 1.82) is 0 Å². The van der Waals surface area contributed by atoms with Crippen LogP contribution < -0.4 is 14.4 Å². The molecule has 0 aromatic heterocycles. The lowest BCUT2D eigenvalue weighted by Crippen LogP contribution is -2.53. The summed E-state index contributed by atoms with van der Waals surface area (Å²) in [6.45, 7) is 3.74. The lowest BCUT2D eigenvalue weighted by molar-refractivity contribution is -0.140. The molecule has 0 fully saturated rings. The van der Waals surface area contributed by atoms with Crippen molar-refractivity contribution in [3.8, 4) is 5.75 Å². The van der Waals surface area contributed by atoms with Gasteiger partial charge >= 0.3 is 0 Å². The monoisotopic (exact) mass is 661 g/mol. The summed E-state index contributed by atoms with van der Waals surface area (Å²) in [5.41, 5.74) is 2.48. The number of benzene rings is 4. The Morgan fingerprint density at radius 1 is 0.891 bits per heavy atom. The van der Waals surface area contributed by atoms with Crippen LogP contribution in [0.5, 0.6) is 5.75 Å². The number of rotatable bonds is 15. The van der Waals surface area contributed by atoms with Crippen molar-refractivity contribution in [2.45, 2.75) is 50.6 Å². The molecule has 0 unspecified atom stereocenters. The second-order valence-electron chi connectivity index (χ2n) is 11.0. The highest BCUT2D eigenvalue weighted by Gasteiger charge is 2.35. The molecule has 46 heavy (non-hydrogen) atoms. The number of hydrogen-bond acceptors (Lipinski definition) is 5. The molecule has 0 radical (unpaired) electrons. The number of sulfonamides is 1. The first-order valence-electron chi connectivity index (χ1n) is 15.2. The molecule has 0 saturated carbocycles. The minimum atomic E-state index is -4.22. The highest BCUT2D eigenvalue weighted by atomic mass is 35.5. The quantitative estimate of drug-likeness (QED) is 0.149. The smallest absolute Gasteiger partial charge is 0.264 e. The predicted molar refractivity (Wildman–Crippen MR) is 183 cm³/mol. The van der Waals surface area contributed by atoms with E-state index in [9.17, 15) is 18.0 Å². The Hall–Kier alpha value is -4.34. The predicted octanol–water partition coefficient (Wildman–Crippen LogP) is 6.41. The summed E-state index contributed by atoms with van der Waals surface area (Å²) in [7, 11) is -2.66. The zero-order valence-electron chi connectivity index (χ0n) is 26.4. The van der Waals surface area contributed by atoms with Gasteiger partial charge in [-0.25, -0.2) is 8.42 Å². The minimum Gasteiger partial charge on any atom is -0.497 e. The van der Waals surface area contributed by atoms with E-state index in [0.29, 0.717) is 22.9 Å². The van der Waals surface area contributed by atoms with Crippen LogP contribution in [0.3, 0.4) is 0 Å². The third-order valence-corrected chi connectivity index (χ3v) is 9.65. The molecule has 0 aliphatic carbocycles. The maximum absolute atomic E-state index is 14.6. The number of carbonyl (C=O) groups excluding carboxylic acids is 2. The molecule has 4 aromatic rings. The number of amides is 2. The zero-order chi connectivity index (χ0) is 33.1. The number of nitrogens with one attached hydrogen (secondary N) is 1. The lowest BCUT2D eigenvalue weighted by atomic mass is 10.0. The van der Waals surface area contributed by atoms with E-state index in [0.717, 1.165) is 28.3 Å². The number of aryl methyl sites for hydroxylation is 1. The zero-order valence-corrected chi connectivity index (χ0v) is 27.9. The van der Waals surface area contributed by atoms with Gasteiger partial charge in [0.1, 0.15) is 18.3 Å². The lowest BCUT2D eigenvalue weighted by Gasteiger charge is -2.34. The van der Waals surface area contributed by atoms with Gasteiger partial charge in [-0.3, -0.25) is 13.9 Å². The van der Waals surface area contributed by atoms with E-state index >= 15 is 0 Å². The highest BCUT2D eigenvalue weighted by molar-refractivity contribution is 7.92. The van der Waals surface area contributed by atoms with Gasteiger partial charge in [0.15, 0.2) is 0 Å². The molecule has 0 aliphatic heterocycles. The standard InChI is InChI=1S/C36H40ClN3O5S/c1-4-5-21-38-36(42)34(23-28-13-8-6-9-14-28)39(25-29-15-12-16-31(22-29)45-3)35(41)26-40(33-24-30(37)20-19-27(33)2)46(43,44)32-17-10-7-11-18-32/h6-20,22,24,34H,4-5,21,23,25-26H2,1-3H3,(H,38,42)/t34-/m0/s1. The van der Waals surface area contributed by atoms with Crippen LogP contribution in [0.25, 0.3) is 0 Å². The van der Waals surface area contributed by atoms with E-state index in [1.54, 1.807) is 56.5 Å². The van der Waals surface area contributed by atoms with Crippen LogP contribution in [0.4, 0.5) is 5.69 Å². The van der Waals surface area contributed by atoms with Crippen LogP contribution in [0.15, 0.2) is 108 Å². The topological polar surface area (TPSA) is 96.0 Å². The second kappa shape index (κ2) is 16.3. The molecule has 1 N–H and O–H groups in total. The first-order valence-corrected chi connectivity index (χ1v) is 17.0. The van der Waals surface area contributed by atoms with E-state index < -0.39 is 28.5 Å². The summed E-state index contributed by atoms with van der Waals surface area (Å²) in [4.78, 5) is 30.0. The van der Waals surface area contributed by atoms with Crippen molar-refractivity contribution in [2.24, 2.45) is 0 Å². The van der Waals surface area contributed by atoms with E-state index in [1.165, 1.54) is 23.1 Å². The summed E-state index contributed by atoms with van der Waals surface area (Å²) in [6, 6.07) is 28.6. The summed E-state index contributed by atoms with van der Waals surface area (Å²) >= 11 is 6.35. The van der Waals surface area contributed by atoms with Gasteiger partial charge < -0.3 is 15.0 Å². The van der Waals surface area contributed by atoms with E-state index in [-0.39, 0.29) is 29.5 Å². The van der Waals surface area contributed by atoms with Crippen LogP contribution in [-0.2, 0) is 32.6 Å². The molecule has 0 saturated heterocycles. The second-order valence-corrected chi connectivity index (χ2v) is 13.3. The number of ether oxygens (including phenoxy) is 1. The largest absolute Gasteiger partial charge is 0.497 e. The number of methoxy groups -OCH3 is 1. The van der Waals surface area contributed by atoms with Gasteiger partial charge in [-0.2, -0.15) is 0 Å². The van der Waals surface area contributed by atoms with Crippen molar-refractivity contribution in [3.63, 3.8) is 0 Å². The van der Waals surface area contributed by atoms with Gasteiger partial charge in [-0.1, -0.05) is 91.7 Å². The Morgan fingerprint density at radius 3 is 2.24 bits per heavy atom. The fourth-order valence-corrected chi connectivity index (χ4v) is 6.77. The number of carbonyl (C=O) groups is 2. The molecular formula is C36H40ClN3O5S. The van der Waals surface area contributed by atoms with E-state index in [2.05, 4.69) is 5.32 Å². The molecular weight excluding hydrogens is 622 g/mol. The molecule has 4 aromatic carbocycles. The van der Waals surface area contributed by atoms with Crippen molar-refractivity contribution in [1.82, 2.24) is 10.2 Å². The maximum atomic E-state index is 14.6. The van der Waals surface area contributed by atoms with Crippen molar-refractivity contribution >= 4 is 39.1 Å². The average molecular weight is 662 g/mol. The molecule has 0 aliphatic rings. The molecule has 0 heterocycles. The Bertz CT molecular complexity index is 1720. The molecule has 242 valence electrons. The van der Waals surface area contributed by atoms with Crippen LogP contribution in [-0.4, -0.2) is 51.4 Å². The third-order valence-electron chi connectivity index (χ3n) is 7.64. The molecule has 4 rings (SSSR count). The minimum absolute atomic E-state index is 0.0275. The van der Waals surface area contributed by atoms with Gasteiger partial charge in [0.2, 0.25) is 11.8 Å². The molecule has 8 nitrogen and oxygen atoms in total. The Kier molecular flexibility index (Phi) is 12.2. The van der Waals surface area contributed by atoms with Crippen LogP contribution in [0.2, 0.25) is 5.02 Å². The Labute approximate surface area is 277 Å². The first kappa shape index (κ1) is 34.5. The summed E-state index contributed by atoms with van der Waals surface area (Å²) in [5.74, 6) is -0.266. The van der Waals surface area contributed by atoms with E-state index in [4.69, 9.17) is 16.3 Å². The van der Waals surface area contributed by atoms with Crippen molar-refractivity contribution < 1.29 is 22.7 Å². The van der Waals surface area contributed by atoms with Gasteiger partial charge in [0, 0.05) is 24.5 Å². The Morgan fingerprint density at radius 2 is 1.57 bits per heavy atom. The number of nitrogens with zero attached hydrogens (tertiary/aromatic N) is 2.